The number of carbonyl (C=O) groups excluding carboxylic acids is 1. The molecule has 0 spiro atoms. The van der Waals surface area contributed by atoms with Gasteiger partial charge in [0, 0.05) is 24.5 Å². The van der Waals surface area contributed by atoms with Crippen molar-refractivity contribution in [3.8, 4) is 11.5 Å². The Morgan fingerprint density at radius 3 is 2.52 bits per heavy atom. The summed E-state index contributed by atoms with van der Waals surface area (Å²) in [4.78, 5) is 26.7. The summed E-state index contributed by atoms with van der Waals surface area (Å²) in [5.41, 5.74) is 7.04. The van der Waals surface area contributed by atoms with Crippen molar-refractivity contribution in [2.75, 3.05) is 37.9 Å². The minimum absolute atomic E-state index is 0. The van der Waals surface area contributed by atoms with Gasteiger partial charge in [-0.15, -0.1) is 12.4 Å². The average molecular weight is 474 g/mol. The quantitative estimate of drug-likeness (QED) is 0.613. The van der Waals surface area contributed by atoms with Crippen molar-refractivity contribution < 1.29 is 18.7 Å². The zero-order valence-corrected chi connectivity index (χ0v) is 19.5. The highest BCUT2D eigenvalue weighted by atomic mass is 35.5. The summed E-state index contributed by atoms with van der Waals surface area (Å²) >= 11 is 0. The molecule has 33 heavy (non-hydrogen) atoms. The van der Waals surface area contributed by atoms with E-state index in [1.165, 1.54) is 6.26 Å². The van der Waals surface area contributed by atoms with Crippen molar-refractivity contribution in [3.05, 3.63) is 36.3 Å². The zero-order chi connectivity index (χ0) is 22.2. The molecule has 5 rings (SSSR count). The Hall–Kier alpha value is -3.20. The Balaban J connectivity index is 0.00000259. The lowest BCUT2D eigenvalue weighted by atomic mass is 9.86. The summed E-state index contributed by atoms with van der Waals surface area (Å²) < 4.78 is 16.2. The van der Waals surface area contributed by atoms with Gasteiger partial charge in [0.25, 0.3) is 5.91 Å². The molecule has 1 amide bonds. The number of rotatable bonds is 4. The van der Waals surface area contributed by atoms with Crippen LogP contribution in [0.4, 0.5) is 11.8 Å². The van der Waals surface area contributed by atoms with Crippen molar-refractivity contribution in [2.45, 2.75) is 37.8 Å². The Labute approximate surface area is 198 Å². The molecule has 176 valence electrons. The van der Waals surface area contributed by atoms with E-state index in [1.54, 1.807) is 32.4 Å². The van der Waals surface area contributed by atoms with Crippen LogP contribution in [-0.4, -0.2) is 60.2 Å². The predicted octanol–water partition coefficient (Wildman–Crippen LogP) is 3.52. The lowest BCUT2D eigenvalue weighted by Crippen LogP contribution is -2.62. The maximum Gasteiger partial charge on any atom is 0.289 e. The first kappa shape index (κ1) is 23.0. The summed E-state index contributed by atoms with van der Waals surface area (Å²) in [6.45, 7) is 1.21. The molecular formula is C23H28ClN5O4. The highest BCUT2D eigenvalue weighted by Gasteiger charge is 2.42. The third-order valence-corrected chi connectivity index (χ3v) is 6.54. The van der Waals surface area contributed by atoms with Gasteiger partial charge >= 0.3 is 0 Å². The number of anilines is 2. The molecule has 2 aromatic heterocycles. The SMILES string of the molecule is COc1cc2nc(N3CCN(C(=O)c4ccco4)[C@H]4CCCC[C@H]43)nc(N)c2cc1OC.Cl. The standard InChI is InChI=1S/C23H27N5O4.ClH/c1-30-19-12-14-15(13-20(19)31-2)25-23(26-21(14)24)28-10-9-27(16-6-3-4-7-17(16)28)22(29)18-8-5-11-32-18;/h5,8,11-13,16-17H,3-4,6-7,9-10H2,1-2H3,(H2,24,25,26);1H/t16-,17+;/m0./s1. The van der Waals surface area contributed by atoms with E-state index < -0.39 is 0 Å². The Bertz CT molecular complexity index is 1140. The van der Waals surface area contributed by atoms with E-state index in [-0.39, 0.29) is 30.4 Å². The number of nitrogens with zero attached hydrogens (tertiary/aromatic N) is 4. The number of hydrogen-bond donors (Lipinski definition) is 1. The van der Waals surface area contributed by atoms with E-state index in [1.807, 2.05) is 11.0 Å². The molecule has 2 N–H and O–H groups in total. The van der Waals surface area contributed by atoms with Crippen LogP contribution >= 0.6 is 12.4 Å². The molecule has 1 saturated carbocycles. The smallest absolute Gasteiger partial charge is 0.289 e. The predicted molar refractivity (Wildman–Crippen MR) is 127 cm³/mol. The first-order valence-corrected chi connectivity index (χ1v) is 10.9. The van der Waals surface area contributed by atoms with Crippen LogP contribution in [0.2, 0.25) is 0 Å². The van der Waals surface area contributed by atoms with Crippen LogP contribution in [0.25, 0.3) is 10.9 Å². The largest absolute Gasteiger partial charge is 0.493 e. The molecule has 0 unspecified atom stereocenters. The van der Waals surface area contributed by atoms with Gasteiger partial charge in [-0.2, -0.15) is 4.98 Å². The molecule has 1 aliphatic heterocycles. The molecule has 2 fully saturated rings. The third kappa shape index (κ3) is 4.01. The molecule has 1 aliphatic carbocycles. The highest BCUT2D eigenvalue weighted by Crippen LogP contribution is 2.37. The molecule has 0 bridgehead atoms. The first-order chi connectivity index (χ1) is 15.6. The molecule has 0 radical (unpaired) electrons. The number of aromatic nitrogens is 2. The number of piperazine rings is 1. The second-order valence-corrected chi connectivity index (χ2v) is 8.22. The molecule has 9 nitrogen and oxygen atoms in total. The monoisotopic (exact) mass is 473 g/mol. The number of nitrogen functional groups attached to an aromatic ring is 1. The summed E-state index contributed by atoms with van der Waals surface area (Å²) in [6.07, 6.45) is 5.65. The second kappa shape index (κ2) is 9.35. The Kier molecular flexibility index (Phi) is 6.51. The highest BCUT2D eigenvalue weighted by molar-refractivity contribution is 5.93. The van der Waals surface area contributed by atoms with Crippen molar-refractivity contribution in [1.82, 2.24) is 14.9 Å². The van der Waals surface area contributed by atoms with Crippen LogP contribution in [0, 0.1) is 0 Å². The maximum atomic E-state index is 13.1. The van der Waals surface area contributed by atoms with E-state index in [0.717, 1.165) is 31.1 Å². The molecule has 10 heteroatoms. The van der Waals surface area contributed by atoms with Gasteiger partial charge in [-0.1, -0.05) is 12.8 Å². The topological polar surface area (TPSA) is 107 Å². The number of furan rings is 1. The van der Waals surface area contributed by atoms with Gasteiger partial charge in [-0.05, 0) is 31.0 Å². The lowest BCUT2D eigenvalue weighted by Gasteiger charge is -2.49. The van der Waals surface area contributed by atoms with E-state index in [4.69, 9.17) is 24.6 Å². The number of benzene rings is 1. The van der Waals surface area contributed by atoms with Gasteiger partial charge < -0.3 is 29.4 Å². The fourth-order valence-electron chi connectivity index (χ4n) is 5.00. The van der Waals surface area contributed by atoms with E-state index in [9.17, 15) is 4.79 Å². The van der Waals surface area contributed by atoms with Crippen LogP contribution in [0.1, 0.15) is 36.2 Å². The number of amides is 1. The van der Waals surface area contributed by atoms with Crippen LogP contribution in [0.15, 0.2) is 34.9 Å². The lowest BCUT2D eigenvalue weighted by molar-refractivity contribution is 0.0508. The van der Waals surface area contributed by atoms with E-state index >= 15 is 0 Å². The number of methoxy groups -OCH3 is 2. The third-order valence-electron chi connectivity index (χ3n) is 6.54. The number of fused-ring (bicyclic) bond motifs is 2. The van der Waals surface area contributed by atoms with Gasteiger partial charge in [-0.25, -0.2) is 4.98 Å². The summed E-state index contributed by atoms with van der Waals surface area (Å²) in [7, 11) is 3.18. The van der Waals surface area contributed by atoms with Gasteiger partial charge in [0.15, 0.2) is 17.3 Å². The van der Waals surface area contributed by atoms with Crippen molar-refractivity contribution in [1.29, 1.82) is 0 Å². The summed E-state index contributed by atoms with van der Waals surface area (Å²) in [5, 5.41) is 0.721. The van der Waals surface area contributed by atoms with Crippen molar-refractivity contribution >= 4 is 41.0 Å². The van der Waals surface area contributed by atoms with Crippen LogP contribution in [-0.2, 0) is 0 Å². The Morgan fingerprint density at radius 2 is 1.82 bits per heavy atom. The molecular weight excluding hydrogens is 446 g/mol. The molecule has 3 heterocycles. The molecule has 1 aromatic carbocycles. The average Bonchev–Trinajstić information content (AvgIpc) is 3.37. The van der Waals surface area contributed by atoms with E-state index in [2.05, 4.69) is 9.88 Å². The molecule has 2 atom stereocenters. The van der Waals surface area contributed by atoms with Gasteiger partial charge in [0.2, 0.25) is 5.95 Å². The number of carbonyl (C=O) groups is 1. The molecule has 2 aliphatic rings. The van der Waals surface area contributed by atoms with Crippen LogP contribution in [0.5, 0.6) is 11.5 Å². The minimum Gasteiger partial charge on any atom is -0.493 e. The number of nitrogens with two attached hydrogens (primary N) is 1. The van der Waals surface area contributed by atoms with Crippen LogP contribution in [0.3, 0.4) is 0 Å². The number of ether oxygens (including phenoxy) is 2. The fourth-order valence-corrected chi connectivity index (χ4v) is 5.00. The number of halogens is 1. The van der Waals surface area contributed by atoms with Crippen molar-refractivity contribution in [3.63, 3.8) is 0 Å². The first-order valence-electron chi connectivity index (χ1n) is 10.9. The Morgan fingerprint density at radius 1 is 1.09 bits per heavy atom. The molecule has 3 aromatic rings. The fraction of sp³-hybridized carbons (Fsp3) is 0.435. The van der Waals surface area contributed by atoms with Gasteiger partial charge in [0.05, 0.1) is 38.1 Å². The number of hydrogen-bond acceptors (Lipinski definition) is 8. The second-order valence-electron chi connectivity index (χ2n) is 8.22. The summed E-state index contributed by atoms with van der Waals surface area (Å²) in [5.74, 6) is 2.49. The maximum absolute atomic E-state index is 13.1. The van der Waals surface area contributed by atoms with Gasteiger partial charge in [-0.3, -0.25) is 4.79 Å². The van der Waals surface area contributed by atoms with Crippen LogP contribution < -0.4 is 20.1 Å². The van der Waals surface area contributed by atoms with E-state index in [0.29, 0.717) is 47.6 Å². The zero-order valence-electron chi connectivity index (χ0n) is 18.7. The molecule has 1 saturated heterocycles. The normalized spacial score (nSPS) is 20.2. The van der Waals surface area contributed by atoms with Gasteiger partial charge in [0.1, 0.15) is 5.82 Å². The van der Waals surface area contributed by atoms with Crippen molar-refractivity contribution in [2.24, 2.45) is 0 Å². The minimum atomic E-state index is -0.0534. The summed E-state index contributed by atoms with van der Waals surface area (Å²) in [6, 6.07) is 7.31.